The largest absolute Gasteiger partial charge is 0.493 e. The van der Waals surface area contributed by atoms with Gasteiger partial charge < -0.3 is 47.4 Å². The molecule has 0 aromatic heterocycles. The summed E-state index contributed by atoms with van der Waals surface area (Å²) < 4.78 is 53.6. The van der Waals surface area contributed by atoms with Crippen LogP contribution in [0.1, 0.15) is 38.3 Å². The van der Waals surface area contributed by atoms with Gasteiger partial charge in [0.05, 0.1) is 80.4 Å². The van der Waals surface area contributed by atoms with Gasteiger partial charge in [-0.15, -0.1) is 0 Å². The van der Waals surface area contributed by atoms with Crippen molar-refractivity contribution < 1.29 is 66.5 Å². The van der Waals surface area contributed by atoms with Gasteiger partial charge in [0.15, 0.2) is 46.0 Å². The van der Waals surface area contributed by atoms with Crippen LogP contribution in [0.5, 0.6) is 57.5 Å². The molecule has 18 heteroatoms. The van der Waals surface area contributed by atoms with E-state index in [0.717, 1.165) is 0 Å². The average molecular weight is 789 g/mol. The molecule has 0 saturated heterocycles. The maximum absolute atomic E-state index is 13.0. The molecule has 4 rings (SSSR count). The summed E-state index contributed by atoms with van der Waals surface area (Å²) in [6.45, 7) is 0. The number of rotatable bonds is 18. The van der Waals surface area contributed by atoms with Gasteiger partial charge in [-0.25, -0.2) is 20.4 Å². The van der Waals surface area contributed by atoms with Crippen molar-refractivity contribution in [1.82, 2.24) is 10.9 Å². The summed E-state index contributed by atoms with van der Waals surface area (Å²) in [4.78, 5) is 50.6. The molecule has 57 heavy (non-hydrogen) atoms. The molecule has 0 aliphatic heterocycles. The summed E-state index contributed by atoms with van der Waals surface area (Å²) >= 11 is 0. The maximum atomic E-state index is 13.0. The van der Waals surface area contributed by atoms with E-state index in [4.69, 9.17) is 47.4 Å². The predicted octanol–water partition coefficient (Wildman–Crippen LogP) is 4.18. The molecule has 0 unspecified atom stereocenters. The van der Waals surface area contributed by atoms with Gasteiger partial charge in [0.25, 0.3) is 0 Å². The third kappa shape index (κ3) is 10.8. The lowest BCUT2D eigenvalue weighted by Gasteiger charge is -2.14. The van der Waals surface area contributed by atoms with E-state index in [1.54, 1.807) is 12.1 Å². The zero-order chi connectivity index (χ0) is 41.5. The van der Waals surface area contributed by atoms with Crippen LogP contribution < -0.4 is 58.2 Å². The number of hydrazone groups is 2. The second kappa shape index (κ2) is 20.3. The summed E-state index contributed by atoms with van der Waals surface area (Å²) in [5, 5.41) is 7.74. The van der Waals surface area contributed by atoms with E-state index in [9.17, 15) is 19.2 Å². The van der Waals surface area contributed by atoms with Crippen LogP contribution in [-0.2, 0) is 9.59 Å². The van der Waals surface area contributed by atoms with Crippen molar-refractivity contribution in [2.75, 3.05) is 56.9 Å². The molecule has 18 nitrogen and oxygen atoms in total. The van der Waals surface area contributed by atoms with Crippen molar-refractivity contribution in [2.45, 2.75) is 6.42 Å². The fourth-order valence-electron chi connectivity index (χ4n) is 5.00. The molecule has 2 amide bonds. The molecule has 300 valence electrons. The number of methoxy groups -OCH3 is 8. The first-order valence-corrected chi connectivity index (χ1v) is 16.6. The minimum Gasteiger partial charge on any atom is -0.493 e. The normalized spacial score (nSPS) is 10.7. The van der Waals surface area contributed by atoms with Crippen LogP contribution in [0.15, 0.2) is 70.9 Å². The summed E-state index contributed by atoms with van der Waals surface area (Å²) in [5.74, 6) is -0.513. The Labute approximate surface area is 327 Å². The quantitative estimate of drug-likeness (QED) is 0.0477. The second-order valence-electron chi connectivity index (χ2n) is 11.2. The molecule has 0 radical (unpaired) electrons. The number of hydrogen-bond acceptors (Lipinski definition) is 16. The van der Waals surface area contributed by atoms with E-state index in [2.05, 4.69) is 21.1 Å². The number of nitrogens with one attached hydrogen (secondary N) is 2. The van der Waals surface area contributed by atoms with Crippen molar-refractivity contribution >= 4 is 36.2 Å². The molecule has 0 heterocycles. The number of ether oxygens (including phenoxy) is 10. The number of hydrogen-bond donors (Lipinski definition) is 2. The Bertz CT molecular complexity index is 1970. The molecule has 0 bridgehead atoms. The fraction of sp³-hybridized carbons (Fsp3) is 0.231. The Morgan fingerprint density at radius 3 is 1.09 bits per heavy atom. The minimum atomic E-state index is -0.721. The van der Waals surface area contributed by atoms with Crippen molar-refractivity contribution in [3.63, 3.8) is 0 Å². The zero-order valence-corrected chi connectivity index (χ0v) is 32.2. The zero-order valence-electron chi connectivity index (χ0n) is 32.2. The van der Waals surface area contributed by atoms with Crippen LogP contribution in [0.25, 0.3) is 0 Å². The lowest BCUT2D eigenvalue weighted by Crippen LogP contribution is -2.27. The van der Waals surface area contributed by atoms with Gasteiger partial charge in [-0.1, -0.05) is 0 Å². The number of carbonyl (C=O) groups is 4. The predicted molar refractivity (Wildman–Crippen MR) is 204 cm³/mol. The number of esters is 2. The Balaban J connectivity index is 1.30. The monoisotopic (exact) mass is 788 g/mol. The third-order valence-electron chi connectivity index (χ3n) is 7.71. The highest BCUT2D eigenvalue weighted by molar-refractivity contribution is 5.98. The summed E-state index contributed by atoms with van der Waals surface area (Å²) in [7, 11) is 11.4. The van der Waals surface area contributed by atoms with Gasteiger partial charge in [0.2, 0.25) is 23.3 Å². The van der Waals surface area contributed by atoms with E-state index < -0.39 is 30.2 Å². The molecule has 0 spiro atoms. The number of amides is 2. The minimum absolute atomic E-state index is 0.111. The number of nitrogens with zero attached hydrogens (tertiary/aromatic N) is 2. The molecular formula is C39H40N4O14. The van der Waals surface area contributed by atoms with Gasteiger partial charge in [0, 0.05) is 0 Å². The summed E-state index contributed by atoms with van der Waals surface area (Å²) in [6, 6.07) is 15.0. The van der Waals surface area contributed by atoms with Crippen molar-refractivity contribution in [3.05, 3.63) is 82.9 Å². The first kappa shape index (κ1) is 42.2. The van der Waals surface area contributed by atoms with E-state index >= 15 is 0 Å². The molecule has 4 aromatic rings. The molecule has 0 atom stereocenters. The van der Waals surface area contributed by atoms with Crippen LogP contribution in [0.4, 0.5) is 0 Å². The van der Waals surface area contributed by atoms with Crippen molar-refractivity contribution in [2.24, 2.45) is 10.2 Å². The molecule has 0 fully saturated rings. The maximum Gasteiger partial charge on any atom is 0.343 e. The highest BCUT2D eigenvalue weighted by Crippen LogP contribution is 2.40. The summed E-state index contributed by atoms with van der Waals surface area (Å²) in [5.41, 5.74) is 5.74. The van der Waals surface area contributed by atoms with Gasteiger partial charge >= 0.3 is 11.9 Å². The molecule has 2 N–H and O–H groups in total. The van der Waals surface area contributed by atoms with E-state index in [1.165, 1.54) is 118 Å². The van der Waals surface area contributed by atoms with Crippen LogP contribution >= 0.6 is 0 Å². The summed E-state index contributed by atoms with van der Waals surface area (Å²) in [6.07, 6.45) is 2.02. The van der Waals surface area contributed by atoms with E-state index in [-0.39, 0.29) is 57.1 Å². The average Bonchev–Trinajstić information content (AvgIpc) is 3.22. The molecule has 4 aromatic carbocycles. The van der Waals surface area contributed by atoms with Crippen LogP contribution in [0, 0.1) is 0 Å². The Morgan fingerprint density at radius 2 is 0.789 bits per heavy atom. The number of benzene rings is 4. The first-order chi connectivity index (χ1) is 27.5. The highest BCUT2D eigenvalue weighted by atomic mass is 16.6. The van der Waals surface area contributed by atoms with Crippen LogP contribution in [-0.4, -0.2) is 93.1 Å². The lowest BCUT2D eigenvalue weighted by molar-refractivity contribution is -0.129. The van der Waals surface area contributed by atoms with Crippen molar-refractivity contribution in [1.29, 1.82) is 0 Å². The topological polar surface area (TPSA) is 209 Å². The molecular weight excluding hydrogens is 748 g/mol. The van der Waals surface area contributed by atoms with Crippen LogP contribution in [0.3, 0.4) is 0 Å². The van der Waals surface area contributed by atoms with Gasteiger partial charge in [-0.3, -0.25) is 9.59 Å². The van der Waals surface area contributed by atoms with Crippen molar-refractivity contribution in [3.8, 4) is 57.5 Å². The van der Waals surface area contributed by atoms with Crippen LogP contribution in [0.2, 0.25) is 0 Å². The lowest BCUT2D eigenvalue weighted by atomic mass is 10.1. The standard InChI is InChI=1S/C39H40N4O14/c1-48-28-13-22(9-11-26(28)56-38(46)24-15-30(50-3)36(54-7)31(16-24)51-4)20-40-42-34(44)19-35(45)43-41-21-23-10-12-27(29(14-23)49-2)57-39(47)25-17-32(52-5)37(55-8)33(18-25)53-6/h9-18,20-21H,19H2,1-8H3,(H,42,44)(H,43,45). The van der Waals surface area contributed by atoms with E-state index in [1.807, 2.05) is 0 Å². The molecule has 0 saturated carbocycles. The fourth-order valence-corrected chi connectivity index (χ4v) is 5.00. The Hall–Kier alpha value is -7.50. The molecule has 0 aliphatic carbocycles. The smallest absolute Gasteiger partial charge is 0.343 e. The van der Waals surface area contributed by atoms with Gasteiger partial charge in [-0.2, -0.15) is 10.2 Å². The Morgan fingerprint density at radius 1 is 0.456 bits per heavy atom. The van der Waals surface area contributed by atoms with Gasteiger partial charge in [-0.05, 0) is 71.8 Å². The first-order valence-electron chi connectivity index (χ1n) is 16.6. The highest BCUT2D eigenvalue weighted by Gasteiger charge is 2.21. The third-order valence-corrected chi connectivity index (χ3v) is 7.71. The molecule has 0 aliphatic rings. The van der Waals surface area contributed by atoms with Gasteiger partial charge in [0.1, 0.15) is 6.42 Å². The Kier molecular flexibility index (Phi) is 15.0. The second-order valence-corrected chi connectivity index (χ2v) is 11.2. The van der Waals surface area contributed by atoms with E-state index in [0.29, 0.717) is 22.6 Å². The number of carbonyl (C=O) groups excluding carboxylic acids is 4. The SMILES string of the molecule is COc1cc(C=NNC(=O)CC(=O)NN=Cc2ccc(OC(=O)c3cc(OC)c(OC)c(OC)c3)c(OC)c2)ccc1OC(=O)c1cc(OC)c(OC)c(OC)c1.